The van der Waals surface area contributed by atoms with Crippen LogP contribution in [0, 0.1) is 0 Å². The summed E-state index contributed by atoms with van der Waals surface area (Å²) in [4.78, 5) is 4.93. The van der Waals surface area contributed by atoms with Crippen molar-refractivity contribution in [2.45, 2.75) is 13.0 Å². The highest BCUT2D eigenvalue weighted by atomic mass is 16.5. The predicted molar refractivity (Wildman–Crippen MR) is 109 cm³/mol. The minimum absolute atomic E-state index is 0.902. The van der Waals surface area contributed by atoms with Gasteiger partial charge in [-0.2, -0.15) is 5.10 Å². The Labute approximate surface area is 160 Å². The van der Waals surface area contributed by atoms with Crippen LogP contribution in [-0.4, -0.2) is 48.4 Å². The summed E-state index contributed by atoms with van der Waals surface area (Å²) in [6.45, 7) is 5.07. The molecule has 0 saturated carbocycles. The number of aromatic amines is 1. The van der Waals surface area contributed by atoms with E-state index in [0.717, 1.165) is 56.2 Å². The number of ether oxygens (including phenoxy) is 1. The fourth-order valence-corrected chi connectivity index (χ4v) is 3.70. The molecule has 140 valence electrons. The minimum Gasteiger partial charge on any atom is -0.495 e. The first-order chi connectivity index (χ1) is 13.3. The van der Waals surface area contributed by atoms with Crippen LogP contribution in [0.5, 0.6) is 5.75 Å². The van der Waals surface area contributed by atoms with Gasteiger partial charge in [0.05, 0.1) is 18.5 Å². The van der Waals surface area contributed by atoms with Crippen LogP contribution in [0.4, 0.5) is 5.69 Å². The van der Waals surface area contributed by atoms with E-state index < -0.39 is 0 Å². The van der Waals surface area contributed by atoms with Crippen LogP contribution >= 0.6 is 0 Å². The number of nitrogens with zero attached hydrogens (tertiary/aromatic N) is 3. The highest BCUT2D eigenvalue weighted by Gasteiger charge is 2.18. The zero-order valence-electron chi connectivity index (χ0n) is 15.8. The molecule has 5 nitrogen and oxygen atoms in total. The maximum atomic E-state index is 5.54. The molecule has 27 heavy (non-hydrogen) atoms. The Bertz CT molecular complexity index is 862. The number of para-hydroxylation sites is 2. The molecule has 2 aromatic carbocycles. The van der Waals surface area contributed by atoms with E-state index >= 15 is 0 Å². The highest BCUT2D eigenvalue weighted by Crippen LogP contribution is 2.28. The maximum absolute atomic E-state index is 5.54. The Morgan fingerprint density at radius 2 is 1.78 bits per heavy atom. The summed E-state index contributed by atoms with van der Waals surface area (Å²) in [5.74, 6) is 0.951. The van der Waals surface area contributed by atoms with E-state index in [-0.39, 0.29) is 0 Å². The van der Waals surface area contributed by atoms with Crippen molar-refractivity contribution >= 4 is 5.69 Å². The molecule has 4 rings (SSSR count). The predicted octanol–water partition coefficient (Wildman–Crippen LogP) is 3.80. The fraction of sp³-hybridized carbons (Fsp3) is 0.318. The number of rotatable bonds is 5. The van der Waals surface area contributed by atoms with Crippen LogP contribution in [0.2, 0.25) is 0 Å². The zero-order valence-corrected chi connectivity index (χ0v) is 15.8. The fourth-order valence-electron chi connectivity index (χ4n) is 3.70. The van der Waals surface area contributed by atoms with Gasteiger partial charge in [0.1, 0.15) is 5.75 Å². The van der Waals surface area contributed by atoms with Crippen LogP contribution in [0.3, 0.4) is 0 Å². The Morgan fingerprint density at radius 3 is 2.63 bits per heavy atom. The second kappa shape index (κ2) is 8.27. The highest BCUT2D eigenvalue weighted by molar-refractivity contribution is 5.59. The molecule has 3 aromatic rings. The summed E-state index contributed by atoms with van der Waals surface area (Å²) < 4.78 is 5.54. The van der Waals surface area contributed by atoms with Crippen LogP contribution in [0.15, 0.2) is 60.7 Å². The van der Waals surface area contributed by atoms with Crippen molar-refractivity contribution in [2.24, 2.45) is 0 Å². The van der Waals surface area contributed by atoms with Gasteiger partial charge in [-0.3, -0.25) is 10.00 Å². The molecule has 0 atom stereocenters. The van der Waals surface area contributed by atoms with E-state index in [0.29, 0.717) is 0 Å². The molecule has 0 unspecified atom stereocenters. The normalized spacial score (nSPS) is 15.5. The molecular weight excluding hydrogens is 336 g/mol. The Balaban J connectivity index is 1.40. The summed E-state index contributed by atoms with van der Waals surface area (Å²) in [7, 11) is 1.74. The second-order valence-electron chi connectivity index (χ2n) is 6.93. The SMILES string of the molecule is COc1ccccc1N1CCCN(Cc2cc(-c3ccccc3)n[nH]2)CC1. The topological polar surface area (TPSA) is 44.4 Å². The van der Waals surface area contributed by atoms with Gasteiger partial charge in [0.25, 0.3) is 0 Å². The first kappa shape index (κ1) is 17.6. The number of nitrogens with one attached hydrogen (secondary N) is 1. The molecule has 1 aliphatic heterocycles. The van der Waals surface area contributed by atoms with Crippen molar-refractivity contribution < 1.29 is 4.74 Å². The summed E-state index contributed by atoms with van der Waals surface area (Å²) >= 11 is 0. The molecule has 0 radical (unpaired) electrons. The lowest BCUT2D eigenvalue weighted by Gasteiger charge is -2.25. The van der Waals surface area contributed by atoms with Gasteiger partial charge in [0.15, 0.2) is 0 Å². The van der Waals surface area contributed by atoms with Gasteiger partial charge in [-0.25, -0.2) is 0 Å². The monoisotopic (exact) mass is 362 g/mol. The molecule has 2 heterocycles. The number of hydrogen-bond acceptors (Lipinski definition) is 4. The van der Waals surface area contributed by atoms with Crippen molar-refractivity contribution in [2.75, 3.05) is 38.2 Å². The second-order valence-corrected chi connectivity index (χ2v) is 6.93. The number of methoxy groups -OCH3 is 1. The van der Waals surface area contributed by atoms with Gasteiger partial charge in [-0.05, 0) is 24.6 Å². The Kier molecular flexibility index (Phi) is 5.39. The third-order valence-electron chi connectivity index (χ3n) is 5.11. The standard InChI is InChI=1S/C22H26N4O/c1-27-22-11-6-5-10-21(22)26-13-7-12-25(14-15-26)17-19-16-20(24-23-19)18-8-3-2-4-9-18/h2-6,8-11,16H,7,12-15,17H2,1H3,(H,23,24). The summed E-state index contributed by atoms with van der Waals surface area (Å²) in [6, 6.07) is 20.8. The molecule has 1 fully saturated rings. The van der Waals surface area contributed by atoms with Crippen LogP contribution in [0.1, 0.15) is 12.1 Å². The number of aromatic nitrogens is 2. The Morgan fingerprint density at radius 1 is 0.963 bits per heavy atom. The van der Waals surface area contributed by atoms with Gasteiger partial charge in [-0.1, -0.05) is 42.5 Å². The van der Waals surface area contributed by atoms with Crippen LogP contribution < -0.4 is 9.64 Å². The van der Waals surface area contributed by atoms with E-state index in [4.69, 9.17) is 4.74 Å². The first-order valence-electron chi connectivity index (χ1n) is 9.53. The largest absolute Gasteiger partial charge is 0.495 e. The summed E-state index contributed by atoms with van der Waals surface area (Å²) in [6.07, 6.45) is 1.14. The van der Waals surface area contributed by atoms with Crippen LogP contribution in [0.25, 0.3) is 11.3 Å². The van der Waals surface area contributed by atoms with Crippen LogP contribution in [-0.2, 0) is 6.54 Å². The lowest BCUT2D eigenvalue weighted by Crippen LogP contribution is -2.30. The van der Waals surface area contributed by atoms with Crippen molar-refractivity contribution in [3.05, 3.63) is 66.4 Å². The van der Waals surface area contributed by atoms with Gasteiger partial charge in [-0.15, -0.1) is 0 Å². The first-order valence-corrected chi connectivity index (χ1v) is 9.53. The minimum atomic E-state index is 0.902. The molecule has 1 aromatic heterocycles. The molecule has 1 N–H and O–H groups in total. The molecular formula is C22H26N4O. The van der Waals surface area contributed by atoms with E-state index in [1.54, 1.807) is 7.11 Å². The van der Waals surface area contributed by atoms with E-state index in [1.807, 2.05) is 30.3 Å². The van der Waals surface area contributed by atoms with Crippen molar-refractivity contribution in [3.8, 4) is 17.0 Å². The van der Waals surface area contributed by atoms with E-state index in [1.165, 1.54) is 11.4 Å². The molecule has 1 saturated heterocycles. The van der Waals surface area contributed by atoms with Gasteiger partial charge >= 0.3 is 0 Å². The molecule has 0 aliphatic carbocycles. The molecule has 0 spiro atoms. The quantitative estimate of drug-likeness (QED) is 0.750. The third kappa shape index (κ3) is 4.14. The smallest absolute Gasteiger partial charge is 0.142 e. The van der Waals surface area contributed by atoms with Gasteiger partial charge in [0.2, 0.25) is 0 Å². The molecule has 0 amide bonds. The zero-order chi connectivity index (χ0) is 18.5. The lowest BCUT2D eigenvalue weighted by molar-refractivity contribution is 0.282. The maximum Gasteiger partial charge on any atom is 0.142 e. The lowest BCUT2D eigenvalue weighted by atomic mass is 10.1. The average Bonchev–Trinajstić information content (AvgIpc) is 3.07. The van der Waals surface area contributed by atoms with E-state index in [9.17, 15) is 0 Å². The van der Waals surface area contributed by atoms with Crippen molar-refractivity contribution in [1.82, 2.24) is 15.1 Å². The van der Waals surface area contributed by atoms with Crippen molar-refractivity contribution in [1.29, 1.82) is 0 Å². The number of anilines is 1. The number of H-pyrrole nitrogens is 1. The van der Waals surface area contributed by atoms with E-state index in [2.05, 4.69) is 50.3 Å². The van der Waals surface area contributed by atoms with Crippen molar-refractivity contribution in [3.63, 3.8) is 0 Å². The molecule has 1 aliphatic rings. The summed E-state index contributed by atoms with van der Waals surface area (Å²) in [5.41, 5.74) is 4.52. The number of hydrogen-bond donors (Lipinski definition) is 1. The van der Waals surface area contributed by atoms with Gasteiger partial charge in [0, 0.05) is 44.0 Å². The summed E-state index contributed by atoms with van der Waals surface area (Å²) in [5, 5.41) is 7.69. The average molecular weight is 362 g/mol. The molecule has 5 heteroatoms. The molecule has 0 bridgehead atoms. The van der Waals surface area contributed by atoms with Gasteiger partial charge < -0.3 is 9.64 Å². The Hall–Kier alpha value is -2.79. The third-order valence-corrected chi connectivity index (χ3v) is 5.11. The number of benzene rings is 2.